The van der Waals surface area contributed by atoms with Gasteiger partial charge in [0.25, 0.3) is 0 Å². The highest BCUT2D eigenvalue weighted by molar-refractivity contribution is 5.49. The first kappa shape index (κ1) is 14.8. The lowest BCUT2D eigenvalue weighted by molar-refractivity contribution is 0.368. The molecule has 3 nitrogen and oxygen atoms in total. The molecule has 0 bridgehead atoms. The Hall–Kier alpha value is -2.61. The van der Waals surface area contributed by atoms with Gasteiger partial charge in [0.05, 0.1) is 0 Å². The van der Waals surface area contributed by atoms with Crippen LogP contribution < -0.4 is 10.1 Å². The molecule has 0 aliphatic heterocycles. The third-order valence-electron chi connectivity index (χ3n) is 2.96. The van der Waals surface area contributed by atoms with Gasteiger partial charge in [-0.2, -0.15) is 5.26 Å². The summed E-state index contributed by atoms with van der Waals surface area (Å²) in [5.74, 6) is -0.678. The maximum atomic E-state index is 13.8. The number of nitriles is 1. The molecule has 0 atom stereocenters. The normalized spacial score (nSPS) is 10.0. The van der Waals surface area contributed by atoms with Gasteiger partial charge in [-0.25, -0.2) is 8.78 Å². The summed E-state index contributed by atoms with van der Waals surface area (Å²) in [5, 5.41) is 11.2. The summed E-state index contributed by atoms with van der Waals surface area (Å²) in [4.78, 5) is 0. The Bertz CT molecular complexity index is 680. The molecule has 2 aromatic rings. The monoisotopic (exact) mass is 288 g/mol. The van der Waals surface area contributed by atoms with Crippen molar-refractivity contribution in [2.24, 2.45) is 0 Å². The molecule has 0 unspecified atom stereocenters. The Kier molecular flexibility index (Phi) is 4.72. The highest BCUT2D eigenvalue weighted by Gasteiger charge is 2.10. The van der Waals surface area contributed by atoms with Crippen LogP contribution in [0.2, 0.25) is 0 Å². The Labute approximate surface area is 121 Å². The first-order valence-electron chi connectivity index (χ1n) is 6.39. The predicted octanol–water partition coefficient (Wildman–Crippen LogP) is 3.79. The van der Waals surface area contributed by atoms with Gasteiger partial charge in [-0.15, -0.1) is 0 Å². The quantitative estimate of drug-likeness (QED) is 0.910. The van der Waals surface area contributed by atoms with Gasteiger partial charge < -0.3 is 10.1 Å². The van der Waals surface area contributed by atoms with Gasteiger partial charge in [0, 0.05) is 6.54 Å². The lowest BCUT2D eigenvalue weighted by Crippen LogP contribution is -2.05. The second-order valence-electron chi connectivity index (χ2n) is 4.50. The van der Waals surface area contributed by atoms with Crippen LogP contribution in [0.1, 0.15) is 11.1 Å². The number of nitrogens with one attached hydrogen (secondary N) is 1. The van der Waals surface area contributed by atoms with Gasteiger partial charge in [-0.1, -0.05) is 18.2 Å². The number of hydrogen-bond donors (Lipinski definition) is 1. The highest BCUT2D eigenvalue weighted by atomic mass is 19.1. The summed E-state index contributed by atoms with van der Waals surface area (Å²) in [7, 11) is 0. The number of hydrogen-bond acceptors (Lipinski definition) is 3. The molecule has 5 heteroatoms. The van der Waals surface area contributed by atoms with Gasteiger partial charge in [0.1, 0.15) is 23.3 Å². The number of benzene rings is 2. The van der Waals surface area contributed by atoms with Gasteiger partial charge in [-0.05, 0) is 36.2 Å². The predicted molar refractivity (Wildman–Crippen MR) is 76.0 cm³/mol. The van der Waals surface area contributed by atoms with Crippen molar-refractivity contribution < 1.29 is 13.5 Å². The zero-order valence-corrected chi connectivity index (χ0v) is 11.5. The van der Waals surface area contributed by atoms with E-state index < -0.39 is 11.6 Å². The van der Waals surface area contributed by atoms with Crippen LogP contribution in [0.3, 0.4) is 0 Å². The smallest absolute Gasteiger partial charge is 0.174 e. The standard InChI is InChI=1S/C16H14F2N2O/c1-11-5-6-14(17)16(15(11)18)20-10-12-3-2-4-13(9-12)21-8-7-19/h2-6,9,20H,8,10H2,1H3. The average molecular weight is 288 g/mol. The molecule has 2 aromatic carbocycles. The fourth-order valence-corrected chi connectivity index (χ4v) is 1.87. The largest absolute Gasteiger partial charge is 0.479 e. The molecule has 1 N–H and O–H groups in total. The van der Waals surface area contributed by atoms with E-state index in [-0.39, 0.29) is 18.8 Å². The van der Waals surface area contributed by atoms with Crippen LogP contribution in [0.25, 0.3) is 0 Å². The zero-order chi connectivity index (χ0) is 15.2. The van der Waals surface area contributed by atoms with E-state index in [4.69, 9.17) is 10.00 Å². The summed E-state index contributed by atoms with van der Waals surface area (Å²) < 4.78 is 32.6. The van der Waals surface area contributed by atoms with Crippen molar-refractivity contribution >= 4 is 5.69 Å². The molecule has 108 valence electrons. The number of rotatable bonds is 5. The first-order valence-corrected chi connectivity index (χ1v) is 6.39. The third kappa shape index (κ3) is 3.69. The summed E-state index contributed by atoms with van der Waals surface area (Å²) in [6.45, 7) is 1.79. The molecular weight excluding hydrogens is 274 g/mol. The van der Waals surface area contributed by atoms with Crippen molar-refractivity contribution in [3.8, 4) is 11.8 Å². The van der Waals surface area contributed by atoms with Crippen molar-refractivity contribution in [2.45, 2.75) is 13.5 Å². The van der Waals surface area contributed by atoms with Gasteiger partial charge in [0.2, 0.25) is 0 Å². The van der Waals surface area contributed by atoms with Crippen LogP contribution in [-0.2, 0) is 6.54 Å². The lowest BCUT2D eigenvalue weighted by atomic mass is 10.1. The fourth-order valence-electron chi connectivity index (χ4n) is 1.87. The number of ether oxygens (including phenoxy) is 1. The second-order valence-corrected chi connectivity index (χ2v) is 4.50. The zero-order valence-electron chi connectivity index (χ0n) is 11.5. The maximum Gasteiger partial charge on any atom is 0.174 e. The van der Waals surface area contributed by atoms with E-state index in [0.717, 1.165) is 5.56 Å². The third-order valence-corrected chi connectivity index (χ3v) is 2.96. The van der Waals surface area contributed by atoms with E-state index in [9.17, 15) is 8.78 Å². The van der Waals surface area contributed by atoms with E-state index in [1.807, 2.05) is 6.07 Å². The fraction of sp³-hybridized carbons (Fsp3) is 0.188. The van der Waals surface area contributed by atoms with Gasteiger partial charge >= 0.3 is 0 Å². The van der Waals surface area contributed by atoms with Crippen LogP contribution in [0.4, 0.5) is 14.5 Å². The van der Waals surface area contributed by atoms with E-state index in [0.29, 0.717) is 11.3 Å². The Morgan fingerprint density at radius 2 is 2.05 bits per heavy atom. The summed E-state index contributed by atoms with van der Waals surface area (Å²) in [6, 6.07) is 11.5. The van der Waals surface area contributed by atoms with Crippen molar-refractivity contribution in [3.63, 3.8) is 0 Å². The average Bonchev–Trinajstić information content (AvgIpc) is 2.49. The minimum Gasteiger partial charge on any atom is -0.479 e. The molecule has 21 heavy (non-hydrogen) atoms. The molecule has 0 radical (unpaired) electrons. The van der Waals surface area contributed by atoms with Gasteiger partial charge in [-0.3, -0.25) is 0 Å². The van der Waals surface area contributed by atoms with Crippen molar-refractivity contribution in [2.75, 3.05) is 11.9 Å². The van der Waals surface area contributed by atoms with E-state index >= 15 is 0 Å². The summed E-state index contributed by atoms with van der Waals surface area (Å²) >= 11 is 0. The molecule has 2 rings (SSSR count). The SMILES string of the molecule is Cc1ccc(F)c(NCc2cccc(OCC#N)c2)c1F. The first-order chi connectivity index (χ1) is 10.1. The number of anilines is 1. The van der Waals surface area contributed by atoms with Crippen LogP contribution >= 0.6 is 0 Å². The molecular formula is C16H14F2N2O. The van der Waals surface area contributed by atoms with Crippen LogP contribution in [-0.4, -0.2) is 6.61 Å². The number of halogens is 2. The lowest BCUT2D eigenvalue weighted by Gasteiger charge is -2.11. The Morgan fingerprint density at radius 3 is 2.81 bits per heavy atom. The molecule has 0 saturated carbocycles. The molecule has 0 amide bonds. The van der Waals surface area contributed by atoms with Crippen LogP contribution in [0.5, 0.6) is 5.75 Å². The topological polar surface area (TPSA) is 45.0 Å². The molecule has 0 spiro atoms. The molecule has 0 aliphatic rings. The second kappa shape index (κ2) is 6.71. The number of nitrogens with zero attached hydrogens (tertiary/aromatic N) is 1. The van der Waals surface area contributed by atoms with E-state index in [2.05, 4.69) is 5.32 Å². The Morgan fingerprint density at radius 1 is 1.24 bits per heavy atom. The van der Waals surface area contributed by atoms with Crippen molar-refractivity contribution in [3.05, 3.63) is 59.2 Å². The van der Waals surface area contributed by atoms with E-state index in [1.165, 1.54) is 12.1 Å². The minimum atomic E-state index is -0.630. The van der Waals surface area contributed by atoms with Crippen LogP contribution in [0, 0.1) is 29.9 Å². The molecule has 0 aromatic heterocycles. The minimum absolute atomic E-state index is 0.0436. The molecule has 0 fully saturated rings. The van der Waals surface area contributed by atoms with Crippen molar-refractivity contribution in [1.29, 1.82) is 5.26 Å². The summed E-state index contributed by atoms with van der Waals surface area (Å²) in [6.07, 6.45) is 0. The molecule has 0 saturated heterocycles. The number of aryl methyl sites for hydroxylation is 1. The molecule has 0 heterocycles. The Balaban J connectivity index is 2.10. The molecule has 0 aliphatic carbocycles. The summed E-state index contributed by atoms with van der Waals surface area (Å²) in [5.41, 5.74) is 1.04. The highest BCUT2D eigenvalue weighted by Crippen LogP contribution is 2.23. The van der Waals surface area contributed by atoms with Crippen molar-refractivity contribution in [1.82, 2.24) is 0 Å². The van der Waals surface area contributed by atoms with Gasteiger partial charge in [0.15, 0.2) is 12.4 Å². The maximum absolute atomic E-state index is 13.8. The van der Waals surface area contributed by atoms with E-state index in [1.54, 1.807) is 31.2 Å². The van der Waals surface area contributed by atoms with Crippen LogP contribution in [0.15, 0.2) is 36.4 Å².